The second kappa shape index (κ2) is 7.54. The SMILES string of the molecule is COC(=O)CCCCNC[C@H]1OCC[C@@H]2OC(C)(C)O[C@@H]21. The van der Waals surface area contributed by atoms with Gasteiger partial charge in [0.25, 0.3) is 0 Å². The summed E-state index contributed by atoms with van der Waals surface area (Å²) in [5, 5.41) is 3.37. The van der Waals surface area contributed by atoms with Crippen molar-refractivity contribution in [1.82, 2.24) is 5.32 Å². The Kier molecular flexibility index (Phi) is 5.98. The van der Waals surface area contributed by atoms with Gasteiger partial charge in [-0.1, -0.05) is 0 Å². The van der Waals surface area contributed by atoms with Gasteiger partial charge in [0.2, 0.25) is 0 Å². The van der Waals surface area contributed by atoms with Crippen molar-refractivity contribution in [2.75, 3.05) is 26.8 Å². The normalized spacial score (nSPS) is 30.9. The fourth-order valence-corrected chi connectivity index (χ4v) is 2.87. The van der Waals surface area contributed by atoms with Gasteiger partial charge in [-0.25, -0.2) is 0 Å². The van der Waals surface area contributed by atoms with E-state index in [0.29, 0.717) is 6.42 Å². The van der Waals surface area contributed by atoms with E-state index in [1.165, 1.54) is 7.11 Å². The van der Waals surface area contributed by atoms with Crippen molar-refractivity contribution in [1.29, 1.82) is 0 Å². The second-order valence-electron chi connectivity index (χ2n) is 6.07. The van der Waals surface area contributed by atoms with E-state index in [9.17, 15) is 4.79 Å². The number of unbranched alkanes of at least 4 members (excludes halogenated alkanes) is 1. The molecule has 2 aliphatic rings. The summed E-state index contributed by atoms with van der Waals surface area (Å²) < 4.78 is 22.2. The van der Waals surface area contributed by atoms with Crippen LogP contribution in [0.4, 0.5) is 0 Å². The lowest BCUT2D eigenvalue weighted by atomic mass is 10.0. The minimum atomic E-state index is -0.512. The maximum atomic E-state index is 11.0. The molecule has 2 heterocycles. The molecule has 0 aliphatic carbocycles. The van der Waals surface area contributed by atoms with Crippen LogP contribution in [0.25, 0.3) is 0 Å². The first-order chi connectivity index (χ1) is 10.0. The molecule has 2 fully saturated rings. The third-order valence-corrected chi connectivity index (χ3v) is 3.88. The van der Waals surface area contributed by atoms with Crippen molar-refractivity contribution >= 4 is 5.97 Å². The molecule has 6 heteroatoms. The smallest absolute Gasteiger partial charge is 0.305 e. The summed E-state index contributed by atoms with van der Waals surface area (Å²) in [6.45, 7) is 6.22. The molecule has 0 amide bonds. The number of fused-ring (bicyclic) bond motifs is 1. The van der Waals surface area contributed by atoms with E-state index in [4.69, 9.17) is 14.2 Å². The van der Waals surface area contributed by atoms with E-state index in [1.54, 1.807) is 0 Å². The lowest BCUT2D eigenvalue weighted by molar-refractivity contribution is -0.153. The molecule has 6 nitrogen and oxygen atoms in total. The van der Waals surface area contributed by atoms with E-state index in [0.717, 1.165) is 39.0 Å². The lowest BCUT2D eigenvalue weighted by Crippen LogP contribution is -2.47. The van der Waals surface area contributed by atoms with E-state index < -0.39 is 5.79 Å². The molecule has 2 rings (SSSR count). The van der Waals surface area contributed by atoms with Gasteiger partial charge in [0, 0.05) is 19.6 Å². The van der Waals surface area contributed by atoms with Gasteiger partial charge in [-0.05, 0) is 39.7 Å². The zero-order valence-electron chi connectivity index (χ0n) is 13.2. The van der Waals surface area contributed by atoms with Crippen LogP contribution < -0.4 is 5.32 Å². The Labute approximate surface area is 126 Å². The molecular formula is C15H27NO5. The number of ether oxygens (including phenoxy) is 4. The van der Waals surface area contributed by atoms with E-state index in [2.05, 4.69) is 10.1 Å². The highest BCUT2D eigenvalue weighted by Gasteiger charge is 2.47. The lowest BCUT2D eigenvalue weighted by Gasteiger charge is -2.31. The molecule has 21 heavy (non-hydrogen) atoms. The standard InChI is InChI=1S/C15H27NO5/c1-15(2)20-11-7-9-19-12(14(11)21-15)10-16-8-5-4-6-13(17)18-3/h11-12,14,16H,4-10H2,1-3H3/t11-,12+,14-/m0/s1. The van der Waals surface area contributed by atoms with E-state index in [-0.39, 0.29) is 24.3 Å². The zero-order valence-corrected chi connectivity index (χ0v) is 13.2. The molecule has 0 spiro atoms. The number of carbonyl (C=O) groups excluding carboxylic acids is 1. The highest BCUT2D eigenvalue weighted by atomic mass is 16.8. The number of nitrogens with one attached hydrogen (secondary N) is 1. The summed E-state index contributed by atoms with van der Waals surface area (Å²) in [6, 6.07) is 0. The van der Waals surface area contributed by atoms with Gasteiger partial charge >= 0.3 is 5.97 Å². The van der Waals surface area contributed by atoms with Crippen molar-refractivity contribution in [2.24, 2.45) is 0 Å². The van der Waals surface area contributed by atoms with E-state index >= 15 is 0 Å². The summed E-state index contributed by atoms with van der Waals surface area (Å²) >= 11 is 0. The largest absolute Gasteiger partial charge is 0.469 e. The predicted octanol–water partition coefficient (Wildman–Crippen LogP) is 1.23. The third kappa shape index (κ3) is 4.92. The summed E-state index contributed by atoms with van der Waals surface area (Å²) in [5.41, 5.74) is 0. The molecular weight excluding hydrogens is 274 g/mol. The molecule has 3 atom stereocenters. The van der Waals surface area contributed by atoms with Crippen LogP contribution in [0.2, 0.25) is 0 Å². The molecule has 1 N–H and O–H groups in total. The quantitative estimate of drug-likeness (QED) is 0.563. The summed E-state index contributed by atoms with van der Waals surface area (Å²) in [4.78, 5) is 11.0. The first-order valence-electron chi connectivity index (χ1n) is 7.76. The van der Waals surface area contributed by atoms with Crippen molar-refractivity contribution in [3.05, 3.63) is 0 Å². The fraction of sp³-hybridized carbons (Fsp3) is 0.933. The van der Waals surface area contributed by atoms with Crippen molar-refractivity contribution in [3.8, 4) is 0 Å². The Morgan fingerprint density at radius 2 is 2.14 bits per heavy atom. The molecule has 0 unspecified atom stereocenters. The molecule has 0 aromatic heterocycles. The monoisotopic (exact) mass is 301 g/mol. The van der Waals surface area contributed by atoms with E-state index in [1.807, 2.05) is 13.8 Å². The van der Waals surface area contributed by atoms with Crippen LogP contribution >= 0.6 is 0 Å². The van der Waals surface area contributed by atoms with Crippen LogP contribution in [0.5, 0.6) is 0 Å². The van der Waals surface area contributed by atoms with Gasteiger partial charge in [0.15, 0.2) is 5.79 Å². The fourth-order valence-electron chi connectivity index (χ4n) is 2.87. The molecule has 122 valence electrons. The third-order valence-electron chi connectivity index (χ3n) is 3.88. The summed E-state index contributed by atoms with van der Waals surface area (Å²) in [6.07, 6.45) is 3.34. The highest BCUT2D eigenvalue weighted by molar-refractivity contribution is 5.68. The number of methoxy groups -OCH3 is 1. The number of hydrogen-bond donors (Lipinski definition) is 1. The van der Waals surface area contributed by atoms with Crippen molar-refractivity contribution in [2.45, 2.75) is 63.6 Å². The molecule has 2 aliphatic heterocycles. The summed E-state index contributed by atoms with van der Waals surface area (Å²) in [7, 11) is 1.42. The summed E-state index contributed by atoms with van der Waals surface area (Å²) in [5.74, 6) is -0.658. The predicted molar refractivity (Wildman–Crippen MR) is 76.9 cm³/mol. The minimum absolute atomic E-state index is 0.0105. The van der Waals surface area contributed by atoms with Gasteiger partial charge in [-0.3, -0.25) is 4.79 Å². The molecule has 0 radical (unpaired) electrons. The first-order valence-corrected chi connectivity index (χ1v) is 7.76. The Balaban J connectivity index is 1.63. The maximum absolute atomic E-state index is 11.0. The van der Waals surface area contributed by atoms with Crippen LogP contribution in [-0.4, -0.2) is 56.9 Å². The van der Waals surface area contributed by atoms with Gasteiger partial charge in [0.1, 0.15) is 6.10 Å². The van der Waals surface area contributed by atoms with Gasteiger partial charge in [-0.15, -0.1) is 0 Å². The Morgan fingerprint density at radius 1 is 1.33 bits per heavy atom. The topological polar surface area (TPSA) is 66.0 Å². The average Bonchev–Trinajstić information content (AvgIpc) is 2.76. The van der Waals surface area contributed by atoms with Crippen LogP contribution in [0, 0.1) is 0 Å². The van der Waals surface area contributed by atoms with Crippen LogP contribution in [0.1, 0.15) is 39.5 Å². The van der Waals surface area contributed by atoms with Crippen molar-refractivity contribution in [3.63, 3.8) is 0 Å². The Bertz CT molecular complexity index is 347. The second-order valence-corrected chi connectivity index (χ2v) is 6.07. The number of carbonyl (C=O) groups is 1. The highest BCUT2D eigenvalue weighted by Crippen LogP contribution is 2.34. The van der Waals surface area contributed by atoms with Crippen molar-refractivity contribution < 1.29 is 23.7 Å². The molecule has 0 aromatic rings. The van der Waals surface area contributed by atoms with Gasteiger partial charge in [-0.2, -0.15) is 0 Å². The zero-order chi connectivity index (χ0) is 15.3. The number of rotatable bonds is 7. The number of esters is 1. The number of hydrogen-bond acceptors (Lipinski definition) is 6. The minimum Gasteiger partial charge on any atom is -0.469 e. The first kappa shape index (κ1) is 16.7. The van der Waals surface area contributed by atoms with Gasteiger partial charge in [0.05, 0.1) is 19.3 Å². The Morgan fingerprint density at radius 3 is 2.90 bits per heavy atom. The van der Waals surface area contributed by atoms with Gasteiger partial charge < -0.3 is 24.3 Å². The maximum Gasteiger partial charge on any atom is 0.305 e. The molecule has 0 saturated carbocycles. The van der Waals surface area contributed by atoms with Crippen LogP contribution in [0.3, 0.4) is 0 Å². The van der Waals surface area contributed by atoms with Crippen LogP contribution in [0.15, 0.2) is 0 Å². The Hall–Kier alpha value is -0.690. The van der Waals surface area contributed by atoms with Crippen LogP contribution in [-0.2, 0) is 23.7 Å². The molecule has 0 aromatic carbocycles. The molecule has 2 saturated heterocycles. The molecule has 0 bridgehead atoms. The average molecular weight is 301 g/mol.